The molecule has 0 bridgehead atoms. The first-order chi connectivity index (χ1) is 16.4. The van der Waals surface area contributed by atoms with E-state index in [1.807, 2.05) is 24.9 Å². The van der Waals surface area contributed by atoms with Gasteiger partial charge in [-0.1, -0.05) is 55.0 Å². The molecule has 0 aliphatic carbocycles. The van der Waals surface area contributed by atoms with Crippen molar-refractivity contribution in [3.8, 4) is 0 Å². The van der Waals surface area contributed by atoms with Crippen LogP contribution < -0.4 is 0 Å². The highest BCUT2D eigenvalue weighted by Gasteiger charge is 2.14. The molecule has 0 N–H and O–H groups in total. The second-order valence-electron chi connectivity index (χ2n) is 8.23. The Bertz CT molecular complexity index is 946. The topological polar surface area (TPSA) is 100 Å². The van der Waals surface area contributed by atoms with Gasteiger partial charge >= 0.3 is 5.97 Å². The number of thioether (sulfide) groups is 1. The molecule has 0 saturated carbocycles. The Balaban J connectivity index is 1.48. The summed E-state index contributed by atoms with van der Waals surface area (Å²) in [6, 6.07) is 6.59. The number of methoxy groups -OCH3 is 1. The minimum atomic E-state index is -3.76. The number of aryl methyl sites for hydroxylation is 2. The van der Waals surface area contributed by atoms with Gasteiger partial charge in [-0.2, -0.15) is 20.2 Å². The average Bonchev–Trinajstić information content (AvgIpc) is 3.27. The second-order valence-corrected chi connectivity index (χ2v) is 11.1. The van der Waals surface area contributed by atoms with Crippen LogP contribution >= 0.6 is 11.8 Å². The van der Waals surface area contributed by atoms with Crippen molar-refractivity contribution in [3.05, 3.63) is 41.7 Å². The van der Waals surface area contributed by atoms with E-state index in [0.717, 1.165) is 35.6 Å². The fraction of sp³-hybridized carbons (Fsp3) is 0.625. The van der Waals surface area contributed by atoms with Crippen LogP contribution in [0.15, 0.2) is 35.4 Å². The van der Waals surface area contributed by atoms with Crippen LogP contribution in [0.4, 0.5) is 0 Å². The molecule has 0 amide bonds. The lowest BCUT2D eigenvalue weighted by molar-refractivity contribution is -0.140. The first-order valence-electron chi connectivity index (χ1n) is 11.9. The molecule has 1 aromatic heterocycles. The minimum Gasteiger partial charge on any atom is -0.469 e. The van der Waals surface area contributed by atoms with Crippen LogP contribution in [0.2, 0.25) is 0 Å². The van der Waals surface area contributed by atoms with Gasteiger partial charge in [-0.05, 0) is 44.1 Å². The second kappa shape index (κ2) is 15.9. The number of hydrogen-bond acceptors (Lipinski definition) is 8. The van der Waals surface area contributed by atoms with Gasteiger partial charge in [0.05, 0.1) is 37.3 Å². The molecule has 0 fully saturated rings. The summed E-state index contributed by atoms with van der Waals surface area (Å²) < 4.78 is 35.8. The fourth-order valence-electron chi connectivity index (χ4n) is 3.33. The summed E-state index contributed by atoms with van der Waals surface area (Å²) in [6.07, 6.45) is 11.6. The maximum Gasteiger partial charge on any atom is 0.306 e. The summed E-state index contributed by atoms with van der Waals surface area (Å²) >= 11 is 1.82. The first-order valence-corrected chi connectivity index (χ1v) is 14.5. The zero-order valence-corrected chi connectivity index (χ0v) is 21.9. The van der Waals surface area contributed by atoms with Gasteiger partial charge in [0.2, 0.25) is 0 Å². The number of esters is 1. The summed E-state index contributed by atoms with van der Waals surface area (Å²) in [5.41, 5.74) is 1.92. The van der Waals surface area contributed by atoms with Crippen molar-refractivity contribution in [2.45, 2.75) is 76.2 Å². The Labute approximate surface area is 207 Å². The van der Waals surface area contributed by atoms with Crippen LogP contribution in [0, 0.1) is 6.92 Å². The molecule has 8 nitrogen and oxygen atoms in total. The number of benzene rings is 1. The maximum absolute atomic E-state index is 12.2. The van der Waals surface area contributed by atoms with Gasteiger partial charge in [0.25, 0.3) is 10.1 Å². The third-order valence-corrected chi connectivity index (χ3v) is 7.75. The van der Waals surface area contributed by atoms with Gasteiger partial charge in [0.1, 0.15) is 0 Å². The lowest BCUT2D eigenvalue weighted by atomic mass is 10.1. The molecule has 0 aliphatic rings. The summed E-state index contributed by atoms with van der Waals surface area (Å²) in [5, 5.41) is 8.24. The summed E-state index contributed by atoms with van der Waals surface area (Å²) in [6.45, 7) is 2.25. The highest BCUT2D eigenvalue weighted by molar-refractivity contribution is 7.99. The van der Waals surface area contributed by atoms with E-state index in [1.54, 1.807) is 28.9 Å². The molecular weight excluding hydrogens is 474 g/mol. The van der Waals surface area contributed by atoms with Gasteiger partial charge in [-0.25, -0.2) is 4.68 Å². The number of rotatable bonds is 18. The number of carbonyl (C=O) groups excluding carboxylic acids is 1. The number of hydrogen-bond donors (Lipinski definition) is 0. The molecule has 0 spiro atoms. The van der Waals surface area contributed by atoms with Crippen LogP contribution in [-0.2, 0) is 36.8 Å². The molecule has 1 aromatic carbocycles. The van der Waals surface area contributed by atoms with Crippen molar-refractivity contribution < 1.29 is 22.1 Å². The van der Waals surface area contributed by atoms with E-state index < -0.39 is 10.1 Å². The molecule has 0 unspecified atom stereocenters. The third-order valence-electron chi connectivity index (χ3n) is 5.35. The van der Waals surface area contributed by atoms with Gasteiger partial charge in [0.15, 0.2) is 0 Å². The van der Waals surface area contributed by atoms with Crippen LogP contribution in [0.5, 0.6) is 0 Å². The van der Waals surface area contributed by atoms with Crippen molar-refractivity contribution in [1.82, 2.24) is 15.0 Å². The molecular formula is C24H37N3O5S2. The highest BCUT2D eigenvalue weighted by Crippen LogP contribution is 2.14. The van der Waals surface area contributed by atoms with E-state index in [0.29, 0.717) is 13.0 Å². The van der Waals surface area contributed by atoms with Crippen molar-refractivity contribution in [2.24, 2.45) is 0 Å². The third kappa shape index (κ3) is 11.5. The molecule has 2 aromatic rings. The number of ether oxygens (including phenoxy) is 1. The molecule has 190 valence electrons. The first kappa shape index (κ1) is 28.3. The smallest absolute Gasteiger partial charge is 0.306 e. The van der Waals surface area contributed by atoms with Crippen molar-refractivity contribution in [3.63, 3.8) is 0 Å². The normalized spacial score (nSPS) is 11.6. The maximum atomic E-state index is 12.2. The molecule has 10 heteroatoms. The van der Waals surface area contributed by atoms with Crippen molar-refractivity contribution in [2.75, 3.05) is 25.2 Å². The fourth-order valence-corrected chi connectivity index (χ4v) is 5.15. The molecule has 1 heterocycles. The lowest BCUT2D eigenvalue weighted by Gasteiger charge is -2.05. The monoisotopic (exact) mass is 511 g/mol. The van der Waals surface area contributed by atoms with E-state index in [4.69, 9.17) is 4.18 Å². The SMILES string of the molecule is COC(=O)CCSCCCCCCCCCc1cn(CCOS(=O)(=O)c2ccc(C)cc2)nn1. The van der Waals surface area contributed by atoms with E-state index in [9.17, 15) is 13.2 Å². The van der Waals surface area contributed by atoms with Crippen LogP contribution in [0.25, 0.3) is 0 Å². The lowest BCUT2D eigenvalue weighted by Crippen LogP contribution is -2.12. The number of carbonyl (C=O) groups is 1. The molecule has 0 saturated heterocycles. The molecule has 0 atom stereocenters. The van der Waals surface area contributed by atoms with Crippen LogP contribution in [0.1, 0.15) is 62.6 Å². The predicted molar refractivity (Wildman–Crippen MR) is 134 cm³/mol. The van der Waals surface area contributed by atoms with Crippen molar-refractivity contribution in [1.29, 1.82) is 0 Å². The predicted octanol–water partition coefficient (Wildman–Crippen LogP) is 4.56. The molecule has 2 rings (SSSR count). The van der Waals surface area contributed by atoms with E-state index in [-0.39, 0.29) is 17.5 Å². The van der Waals surface area contributed by atoms with E-state index in [2.05, 4.69) is 15.0 Å². The Morgan fingerprint density at radius 1 is 1.00 bits per heavy atom. The highest BCUT2D eigenvalue weighted by atomic mass is 32.2. The van der Waals surface area contributed by atoms with Crippen molar-refractivity contribution >= 4 is 27.8 Å². The van der Waals surface area contributed by atoms with Gasteiger partial charge in [0, 0.05) is 11.9 Å². The minimum absolute atomic E-state index is 0.0167. The summed E-state index contributed by atoms with van der Waals surface area (Å²) in [4.78, 5) is 11.2. The quantitative estimate of drug-likeness (QED) is 0.163. The van der Waals surface area contributed by atoms with Gasteiger partial charge in [-0.15, -0.1) is 5.10 Å². The summed E-state index contributed by atoms with van der Waals surface area (Å²) in [5.74, 6) is 1.82. The largest absolute Gasteiger partial charge is 0.469 e. The molecule has 34 heavy (non-hydrogen) atoms. The Kier molecular flexibility index (Phi) is 13.2. The number of nitrogens with zero attached hydrogens (tertiary/aromatic N) is 3. The Morgan fingerprint density at radius 2 is 1.68 bits per heavy atom. The number of unbranched alkanes of at least 4 members (excludes halogenated alkanes) is 6. The van der Waals surface area contributed by atoms with Crippen LogP contribution in [-0.4, -0.2) is 54.6 Å². The zero-order valence-electron chi connectivity index (χ0n) is 20.3. The standard InChI is InChI=1S/C24H37N3O5S2/c1-21-11-13-23(14-12-21)34(29,30)32-17-16-27-20-22(25-26-27)10-8-6-4-3-5-7-9-18-33-19-15-24(28)31-2/h11-14,20H,3-10,15-19H2,1-2H3. The van der Waals surface area contributed by atoms with Crippen LogP contribution in [0.3, 0.4) is 0 Å². The molecule has 0 aliphatic heterocycles. The van der Waals surface area contributed by atoms with Gasteiger partial charge < -0.3 is 4.74 Å². The molecule has 0 radical (unpaired) electrons. The zero-order chi connectivity index (χ0) is 24.7. The summed E-state index contributed by atoms with van der Waals surface area (Å²) in [7, 11) is -2.33. The van der Waals surface area contributed by atoms with E-state index >= 15 is 0 Å². The van der Waals surface area contributed by atoms with Gasteiger partial charge in [-0.3, -0.25) is 8.98 Å². The Morgan fingerprint density at radius 3 is 2.38 bits per heavy atom. The van der Waals surface area contributed by atoms with E-state index in [1.165, 1.54) is 45.6 Å². The average molecular weight is 512 g/mol. The Hall–Kier alpha value is -1.91. The number of aromatic nitrogens is 3.